The number of ether oxygens (including phenoxy) is 4. The van der Waals surface area contributed by atoms with Crippen LogP contribution in [0.15, 0.2) is 30.3 Å². The number of methoxy groups -OCH3 is 3. The molecule has 0 saturated heterocycles. The molecule has 2 aliphatic rings. The fourth-order valence-electron chi connectivity index (χ4n) is 3.69. The Bertz CT molecular complexity index is 958. The third-order valence-corrected chi connectivity index (χ3v) is 5.40. The molecule has 0 radical (unpaired) electrons. The first-order valence-electron chi connectivity index (χ1n) is 9.22. The van der Waals surface area contributed by atoms with Crippen LogP contribution in [0.4, 0.5) is 0 Å². The van der Waals surface area contributed by atoms with E-state index in [1.807, 2.05) is 24.3 Å². The molecular weight excluding hydrogens is 360 g/mol. The molecule has 2 aromatic rings. The zero-order valence-corrected chi connectivity index (χ0v) is 16.2. The first kappa shape index (κ1) is 18.3. The van der Waals surface area contributed by atoms with E-state index >= 15 is 0 Å². The van der Waals surface area contributed by atoms with Gasteiger partial charge in [0, 0.05) is 30.4 Å². The summed E-state index contributed by atoms with van der Waals surface area (Å²) in [6.07, 6.45) is 2.44. The zero-order chi connectivity index (χ0) is 19.9. The molecule has 2 aliphatic carbocycles. The molecule has 0 heterocycles. The Balaban J connectivity index is 1.83. The van der Waals surface area contributed by atoms with Gasteiger partial charge in [0.05, 0.1) is 21.3 Å². The van der Waals surface area contributed by atoms with Crippen LogP contribution in [0, 0.1) is 0 Å². The van der Waals surface area contributed by atoms with Gasteiger partial charge in [-0.2, -0.15) is 0 Å². The first-order chi connectivity index (χ1) is 13.5. The first-order valence-corrected chi connectivity index (χ1v) is 9.22. The third-order valence-electron chi connectivity index (χ3n) is 5.40. The van der Waals surface area contributed by atoms with E-state index in [1.165, 1.54) is 14.2 Å². The number of carbonyl (C=O) groups excluding carboxylic acids is 2. The number of hydrogen-bond donors (Lipinski definition) is 0. The Hall–Kier alpha value is -3.02. The van der Waals surface area contributed by atoms with E-state index in [2.05, 4.69) is 0 Å². The van der Waals surface area contributed by atoms with Crippen molar-refractivity contribution < 1.29 is 28.5 Å². The summed E-state index contributed by atoms with van der Waals surface area (Å²) >= 11 is 0. The maximum absolute atomic E-state index is 12.2. The molecule has 0 aromatic heterocycles. The molecule has 0 bridgehead atoms. The van der Waals surface area contributed by atoms with Crippen molar-refractivity contribution in [1.82, 2.24) is 0 Å². The summed E-state index contributed by atoms with van der Waals surface area (Å²) in [5, 5.41) is 0. The second kappa shape index (κ2) is 6.86. The van der Waals surface area contributed by atoms with Gasteiger partial charge in [-0.15, -0.1) is 0 Å². The molecule has 4 rings (SSSR count). The maximum atomic E-state index is 12.2. The Morgan fingerprint density at radius 2 is 1.68 bits per heavy atom. The van der Waals surface area contributed by atoms with Gasteiger partial charge < -0.3 is 18.9 Å². The molecule has 6 nitrogen and oxygen atoms in total. The number of Topliss-reactive ketones (excluding diaryl/α,β-unsaturated/α-hetero) is 1. The average molecular weight is 382 g/mol. The Labute approximate surface area is 163 Å². The number of esters is 1. The molecule has 0 unspecified atom stereocenters. The van der Waals surface area contributed by atoms with E-state index in [0.717, 1.165) is 28.7 Å². The van der Waals surface area contributed by atoms with Gasteiger partial charge in [-0.25, -0.2) is 4.79 Å². The van der Waals surface area contributed by atoms with Crippen molar-refractivity contribution in [3.8, 4) is 28.4 Å². The summed E-state index contributed by atoms with van der Waals surface area (Å²) in [5.74, 6) is 1.15. The number of fused-ring (bicyclic) bond motifs is 1. The summed E-state index contributed by atoms with van der Waals surface area (Å²) in [6, 6.07) is 9.44. The molecule has 1 saturated carbocycles. The molecule has 0 aliphatic heterocycles. The highest BCUT2D eigenvalue weighted by Gasteiger charge is 2.55. The van der Waals surface area contributed by atoms with Crippen LogP contribution in [-0.4, -0.2) is 38.7 Å². The van der Waals surface area contributed by atoms with Crippen molar-refractivity contribution in [1.29, 1.82) is 0 Å². The van der Waals surface area contributed by atoms with Crippen molar-refractivity contribution in [2.24, 2.45) is 0 Å². The van der Waals surface area contributed by atoms with Crippen LogP contribution in [0.5, 0.6) is 17.2 Å². The number of ketones is 1. The van der Waals surface area contributed by atoms with Gasteiger partial charge in [0.25, 0.3) is 0 Å². The van der Waals surface area contributed by atoms with E-state index in [-0.39, 0.29) is 5.78 Å². The van der Waals surface area contributed by atoms with Gasteiger partial charge in [0.15, 0.2) is 17.3 Å². The van der Waals surface area contributed by atoms with Crippen LogP contribution in [-0.2, 0) is 16.0 Å². The monoisotopic (exact) mass is 382 g/mol. The van der Waals surface area contributed by atoms with Gasteiger partial charge in [-0.3, -0.25) is 4.79 Å². The highest BCUT2D eigenvalue weighted by Crippen LogP contribution is 2.50. The predicted octanol–water partition coefficient (Wildman–Crippen LogP) is 3.58. The lowest BCUT2D eigenvalue weighted by atomic mass is 9.99. The number of hydrogen-bond acceptors (Lipinski definition) is 6. The van der Waals surface area contributed by atoms with Crippen molar-refractivity contribution in [2.75, 3.05) is 21.3 Å². The van der Waals surface area contributed by atoms with Gasteiger partial charge in [-0.1, -0.05) is 18.2 Å². The van der Waals surface area contributed by atoms with Gasteiger partial charge in [0.2, 0.25) is 11.4 Å². The number of aryl methyl sites for hydroxylation is 1. The molecular formula is C22H22O6. The normalized spacial score (nSPS) is 16.3. The van der Waals surface area contributed by atoms with E-state index in [0.29, 0.717) is 36.5 Å². The maximum Gasteiger partial charge on any atom is 0.350 e. The number of rotatable bonds is 6. The predicted molar refractivity (Wildman–Crippen MR) is 102 cm³/mol. The summed E-state index contributed by atoms with van der Waals surface area (Å²) in [4.78, 5) is 24.2. The summed E-state index contributed by atoms with van der Waals surface area (Å²) in [7, 11) is 4.44. The summed E-state index contributed by atoms with van der Waals surface area (Å²) in [5.41, 5.74) is 2.48. The fourth-order valence-corrected chi connectivity index (χ4v) is 3.69. The summed E-state index contributed by atoms with van der Waals surface area (Å²) < 4.78 is 22.1. The highest BCUT2D eigenvalue weighted by molar-refractivity contribution is 6.01. The van der Waals surface area contributed by atoms with Crippen LogP contribution in [0.3, 0.4) is 0 Å². The lowest BCUT2D eigenvalue weighted by molar-refractivity contribution is -0.151. The quantitative estimate of drug-likeness (QED) is 0.711. The summed E-state index contributed by atoms with van der Waals surface area (Å²) in [6.45, 7) is 0. The minimum absolute atomic E-state index is 0.174. The fraction of sp³-hybridized carbons (Fsp3) is 0.364. The number of carbonyl (C=O) groups is 2. The van der Waals surface area contributed by atoms with Crippen molar-refractivity contribution in [3.05, 3.63) is 41.5 Å². The molecule has 0 spiro atoms. The number of benzene rings is 2. The van der Waals surface area contributed by atoms with E-state index in [4.69, 9.17) is 18.9 Å². The second-order valence-electron chi connectivity index (χ2n) is 7.06. The Kier molecular flexibility index (Phi) is 4.49. The van der Waals surface area contributed by atoms with Gasteiger partial charge >= 0.3 is 5.97 Å². The smallest absolute Gasteiger partial charge is 0.350 e. The molecule has 1 fully saturated rings. The van der Waals surface area contributed by atoms with E-state index in [9.17, 15) is 9.59 Å². The largest absolute Gasteiger partial charge is 0.493 e. The zero-order valence-electron chi connectivity index (χ0n) is 16.2. The van der Waals surface area contributed by atoms with Crippen molar-refractivity contribution in [2.45, 2.75) is 31.3 Å². The van der Waals surface area contributed by atoms with E-state index < -0.39 is 11.6 Å². The van der Waals surface area contributed by atoms with Crippen molar-refractivity contribution >= 4 is 11.8 Å². The molecule has 28 heavy (non-hydrogen) atoms. The highest BCUT2D eigenvalue weighted by atomic mass is 16.6. The molecule has 0 amide bonds. The Morgan fingerprint density at radius 1 is 0.929 bits per heavy atom. The topological polar surface area (TPSA) is 71.1 Å². The van der Waals surface area contributed by atoms with Gasteiger partial charge in [-0.05, 0) is 29.7 Å². The van der Waals surface area contributed by atoms with Crippen LogP contribution in [0.1, 0.15) is 35.2 Å². The van der Waals surface area contributed by atoms with Crippen LogP contribution in [0.2, 0.25) is 0 Å². The van der Waals surface area contributed by atoms with Crippen LogP contribution in [0.25, 0.3) is 11.1 Å². The second-order valence-corrected chi connectivity index (χ2v) is 7.06. The van der Waals surface area contributed by atoms with Gasteiger partial charge in [0.1, 0.15) is 0 Å². The SMILES string of the molecule is COC(=O)C1(Oc2c(-c3ccc4c(c3)CCC4=O)ccc(OC)c2OC)CC1. The third kappa shape index (κ3) is 2.89. The van der Waals surface area contributed by atoms with Crippen molar-refractivity contribution in [3.63, 3.8) is 0 Å². The molecule has 0 atom stereocenters. The molecule has 2 aromatic carbocycles. The lowest BCUT2D eigenvalue weighted by Gasteiger charge is -2.22. The molecule has 0 N–H and O–H groups in total. The minimum Gasteiger partial charge on any atom is -0.493 e. The van der Waals surface area contributed by atoms with E-state index in [1.54, 1.807) is 13.2 Å². The van der Waals surface area contributed by atoms with Crippen LogP contribution >= 0.6 is 0 Å². The minimum atomic E-state index is -0.990. The average Bonchev–Trinajstić information content (AvgIpc) is 3.42. The van der Waals surface area contributed by atoms with Crippen LogP contribution < -0.4 is 14.2 Å². The molecule has 6 heteroatoms. The standard InChI is InChI=1S/C22H22O6/c1-25-18-9-7-16(14-4-6-15-13(12-14)5-8-17(15)23)19(20(18)26-2)28-22(10-11-22)21(24)27-3/h4,6-7,9,12H,5,8,10-11H2,1-3H3. The lowest BCUT2D eigenvalue weighted by Crippen LogP contribution is -2.31. The Morgan fingerprint density at radius 3 is 2.32 bits per heavy atom. The molecule has 146 valence electrons.